The molecule has 0 amide bonds. The van der Waals surface area contributed by atoms with Gasteiger partial charge in [0.05, 0.1) is 10.7 Å². The van der Waals surface area contributed by atoms with Crippen molar-refractivity contribution in [2.75, 3.05) is 0 Å². The lowest BCUT2D eigenvalue weighted by Gasteiger charge is -2.01. The van der Waals surface area contributed by atoms with Gasteiger partial charge in [0.1, 0.15) is 0 Å². The van der Waals surface area contributed by atoms with E-state index in [-0.39, 0.29) is 0 Å². The van der Waals surface area contributed by atoms with Crippen LogP contribution in [0, 0.1) is 0 Å². The van der Waals surface area contributed by atoms with Gasteiger partial charge in [0.15, 0.2) is 0 Å². The van der Waals surface area contributed by atoms with Crippen LogP contribution in [-0.4, -0.2) is 4.98 Å². The molecule has 0 radical (unpaired) electrons. The third kappa shape index (κ3) is 2.93. The number of nitrogens with two attached hydrogens (primary N) is 1. The highest BCUT2D eigenvalue weighted by molar-refractivity contribution is 7.11. The van der Waals surface area contributed by atoms with E-state index in [1.807, 2.05) is 6.07 Å². The second-order valence-corrected chi connectivity index (χ2v) is 5.61. The molecule has 0 spiro atoms. The molecule has 0 aliphatic carbocycles. The molecule has 2 aromatic rings. The Morgan fingerprint density at radius 3 is 2.47 bits per heavy atom. The summed E-state index contributed by atoms with van der Waals surface area (Å²) in [6, 6.07) is 10.4. The Bertz CT molecular complexity index is 474. The van der Waals surface area contributed by atoms with Crippen molar-refractivity contribution in [3.8, 4) is 0 Å². The first kappa shape index (κ1) is 12.3. The fourth-order valence-electron chi connectivity index (χ4n) is 1.86. The molecule has 1 aromatic carbocycles. The van der Waals surface area contributed by atoms with Crippen LogP contribution in [0.2, 0.25) is 0 Å². The van der Waals surface area contributed by atoms with Gasteiger partial charge in [0.2, 0.25) is 0 Å². The molecule has 2 rings (SSSR count). The molecule has 0 saturated heterocycles. The predicted molar refractivity (Wildman–Crippen MR) is 73.3 cm³/mol. The molecule has 0 bridgehead atoms. The Morgan fingerprint density at radius 2 is 1.94 bits per heavy atom. The fraction of sp³-hybridized carbons (Fsp3) is 0.357. The quantitative estimate of drug-likeness (QED) is 0.899. The maximum atomic E-state index is 5.77. The summed E-state index contributed by atoms with van der Waals surface area (Å²) in [4.78, 5) is 5.94. The van der Waals surface area contributed by atoms with E-state index in [0.29, 0.717) is 12.5 Å². The maximum Gasteiger partial charge on any atom is 0.0975 e. The van der Waals surface area contributed by atoms with Gasteiger partial charge in [-0.05, 0) is 11.5 Å². The lowest BCUT2D eigenvalue weighted by atomic mass is 10.1. The number of aromatic nitrogens is 1. The number of hydrogen-bond donors (Lipinski definition) is 1. The zero-order chi connectivity index (χ0) is 12.3. The van der Waals surface area contributed by atoms with Gasteiger partial charge in [-0.25, -0.2) is 4.98 Å². The summed E-state index contributed by atoms with van der Waals surface area (Å²) in [6.07, 6.45) is 0.908. The first-order valence-corrected chi connectivity index (χ1v) is 6.74. The minimum atomic E-state index is 0.453. The summed E-state index contributed by atoms with van der Waals surface area (Å²) in [6.45, 7) is 4.93. The number of rotatable bonds is 4. The van der Waals surface area contributed by atoms with Crippen LogP contribution in [0.3, 0.4) is 0 Å². The SMILES string of the molecule is CC(C)c1nc(Cc2ccccc2)sc1CN. The van der Waals surface area contributed by atoms with Crippen molar-refractivity contribution in [1.29, 1.82) is 0 Å². The molecule has 0 atom stereocenters. The van der Waals surface area contributed by atoms with E-state index in [4.69, 9.17) is 10.7 Å². The van der Waals surface area contributed by atoms with Gasteiger partial charge in [-0.1, -0.05) is 44.2 Å². The predicted octanol–water partition coefficient (Wildman–Crippen LogP) is 3.32. The van der Waals surface area contributed by atoms with E-state index >= 15 is 0 Å². The van der Waals surface area contributed by atoms with Crippen molar-refractivity contribution in [1.82, 2.24) is 4.98 Å². The van der Waals surface area contributed by atoms with Crippen molar-refractivity contribution in [2.45, 2.75) is 32.7 Å². The summed E-state index contributed by atoms with van der Waals surface area (Å²) in [7, 11) is 0. The summed E-state index contributed by atoms with van der Waals surface area (Å²) in [5.41, 5.74) is 8.24. The Morgan fingerprint density at radius 1 is 1.24 bits per heavy atom. The lowest BCUT2D eigenvalue weighted by molar-refractivity contribution is 0.806. The zero-order valence-corrected chi connectivity index (χ0v) is 11.1. The van der Waals surface area contributed by atoms with Crippen LogP contribution < -0.4 is 5.73 Å². The number of hydrogen-bond acceptors (Lipinski definition) is 3. The monoisotopic (exact) mass is 246 g/mol. The molecular weight excluding hydrogens is 228 g/mol. The van der Waals surface area contributed by atoms with E-state index in [9.17, 15) is 0 Å². The molecule has 90 valence electrons. The Hall–Kier alpha value is -1.19. The lowest BCUT2D eigenvalue weighted by Crippen LogP contribution is -1.99. The Balaban J connectivity index is 2.23. The molecule has 1 aromatic heterocycles. The van der Waals surface area contributed by atoms with Crippen LogP contribution in [0.4, 0.5) is 0 Å². The van der Waals surface area contributed by atoms with Gasteiger partial charge in [0.25, 0.3) is 0 Å². The average Bonchev–Trinajstić information content (AvgIpc) is 2.73. The van der Waals surface area contributed by atoms with Crippen LogP contribution in [0.5, 0.6) is 0 Å². The van der Waals surface area contributed by atoms with E-state index in [1.54, 1.807) is 11.3 Å². The van der Waals surface area contributed by atoms with Crippen LogP contribution in [0.1, 0.15) is 40.9 Å². The third-order valence-corrected chi connectivity index (χ3v) is 3.80. The van der Waals surface area contributed by atoms with Crippen LogP contribution in [0.15, 0.2) is 30.3 Å². The molecule has 0 saturated carbocycles. The van der Waals surface area contributed by atoms with Gasteiger partial charge >= 0.3 is 0 Å². The molecule has 0 aliphatic heterocycles. The van der Waals surface area contributed by atoms with E-state index < -0.39 is 0 Å². The maximum absolute atomic E-state index is 5.77. The van der Waals surface area contributed by atoms with E-state index in [0.717, 1.165) is 6.42 Å². The summed E-state index contributed by atoms with van der Waals surface area (Å²) in [5, 5.41) is 1.17. The van der Waals surface area contributed by atoms with Gasteiger partial charge in [-0.15, -0.1) is 11.3 Å². The molecule has 0 unspecified atom stereocenters. The Labute approximate surface area is 107 Å². The third-order valence-electron chi connectivity index (χ3n) is 2.70. The molecule has 1 heterocycles. The minimum Gasteiger partial charge on any atom is -0.326 e. The second-order valence-electron chi connectivity index (χ2n) is 4.44. The number of nitrogens with zero attached hydrogens (tertiary/aromatic N) is 1. The van der Waals surface area contributed by atoms with Crippen LogP contribution in [-0.2, 0) is 13.0 Å². The van der Waals surface area contributed by atoms with Crippen LogP contribution in [0.25, 0.3) is 0 Å². The first-order chi connectivity index (χ1) is 8.20. The minimum absolute atomic E-state index is 0.453. The van der Waals surface area contributed by atoms with Crippen molar-refractivity contribution in [3.63, 3.8) is 0 Å². The fourth-order valence-corrected chi connectivity index (χ4v) is 2.99. The van der Waals surface area contributed by atoms with Gasteiger partial charge in [-0.3, -0.25) is 0 Å². The number of thiazole rings is 1. The average molecular weight is 246 g/mol. The number of benzene rings is 1. The molecule has 0 aliphatic rings. The molecule has 2 N–H and O–H groups in total. The normalized spacial score (nSPS) is 11.1. The van der Waals surface area contributed by atoms with E-state index in [2.05, 4.69) is 38.1 Å². The summed E-state index contributed by atoms with van der Waals surface area (Å²) in [5.74, 6) is 0.453. The Kier molecular flexibility index (Phi) is 3.92. The highest BCUT2D eigenvalue weighted by Gasteiger charge is 2.12. The molecule has 0 fully saturated rings. The zero-order valence-electron chi connectivity index (χ0n) is 10.3. The molecular formula is C14H18N2S. The van der Waals surface area contributed by atoms with E-state index in [1.165, 1.54) is 21.1 Å². The van der Waals surface area contributed by atoms with Gasteiger partial charge < -0.3 is 5.73 Å². The van der Waals surface area contributed by atoms with Crippen molar-refractivity contribution >= 4 is 11.3 Å². The topological polar surface area (TPSA) is 38.9 Å². The van der Waals surface area contributed by atoms with Crippen molar-refractivity contribution in [3.05, 3.63) is 51.5 Å². The summed E-state index contributed by atoms with van der Waals surface area (Å²) >= 11 is 1.75. The summed E-state index contributed by atoms with van der Waals surface area (Å²) < 4.78 is 0. The van der Waals surface area contributed by atoms with Crippen molar-refractivity contribution in [2.24, 2.45) is 5.73 Å². The smallest absolute Gasteiger partial charge is 0.0975 e. The van der Waals surface area contributed by atoms with Gasteiger partial charge in [0, 0.05) is 17.8 Å². The standard InChI is InChI=1S/C14H18N2S/c1-10(2)14-12(9-15)17-13(16-14)8-11-6-4-3-5-7-11/h3-7,10H,8-9,15H2,1-2H3. The first-order valence-electron chi connectivity index (χ1n) is 5.93. The van der Waals surface area contributed by atoms with Gasteiger partial charge in [-0.2, -0.15) is 0 Å². The van der Waals surface area contributed by atoms with Crippen molar-refractivity contribution < 1.29 is 0 Å². The molecule has 17 heavy (non-hydrogen) atoms. The second kappa shape index (κ2) is 5.43. The largest absolute Gasteiger partial charge is 0.326 e. The molecule has 3 heteroatoms. The van der Waals surface area contributed by atoms with Crippen LogP contribution >= 0.6 is 11.3 Å². The highest BCUT2D eigenvalue weighted by atomic mass is 32.1. The highest BCUT2D eigenvalue weighted by Crippen LogP contribution is 2.26. The molecule has 2 nitrogen and oxygen atoms in total.